The average molecular weight is 226 g/mol. The second kappa shape index (κ2) is 4.06. The Morgan fingerprint density at radius 2 is 2.33 bits per heavy atom. The molecule has 1 aliphatic rings. The van der Waals surface area contributed by atoms with E-state index in [4.69, 9.17) is 0 Å². The summed E-state index contributed by atoms with van der Waals surface area (Å²) in [6, 6.07) is 0. The third-order valence-corrected chi connectivity index (χ3v) is 3.98. The van der Waals surface area contributed by atoms with Crippen molar-refractivity contribution in [2.24, 2.45) is 0 Å². The molecule has 2 rings (SSSR count). The SMILES string of the molecule is CNc1snnc1CN1CCCC1(C)C. The van der Waals surface area contributed by atoms with E-state index >= 15 is 0 Å². The summed E-state index contributed by atoms with van der Waals surface area (Å²) in [5, 5.41) is 8.42. The van der Waals surface area contributed by atoms with E-state index < -0.39 is 0 Å². The summed E-state index contributed by atoms with van der Waals surface area (Å²) in [5.41, 5.74) is 1.40. The molecule has 2 heterocycles. The first-order valence-corrected chi connectivity index (χ1v) is 6.15. The number of nitrogens with zero attached hydrogens (tertiary/aromatic N) is 3. The zero-order valence-electron chi connectivity index (χ0n) is 9.58. The van der Waals surface area contributed by atoms with Crippen molar-refractivity contribution in [3.63, 3.8) is 0 Å². The standard InChI is InChI=1S/C10H18N4S/c1-10(2)5-4-6-14(10)7-8-9(11-3)15-13-12-8/h11H,4-7H2,1-3H3. The van der Waals surface area contributed by atoms with E-state index in [9.17, 15) is 0 Å². The fourth-order valence-corrected chi connectivity index (χ4v) is 2.66. The lowest BCUT2D eigenvalue weighted by Crippen LogP contribution is -2.37. The molecule has 0 spiro atoms. The molecule has 1 fully saturated rings. The van der Waals surface area contributed by atoms with E-state index in [0.29, 0.717) is 5.54 Å². The van der Waals surface area contributed by atoms with Gasteiger partial charge in [-0.1, -0.05) is 4.49 Å². The number of nitrogens with one attached hydrogen (secondary N) is 1. The predicted octanol–water partition coefficient (Wildman–Crippen LogP) is 1.95. The quantitative estimate of drug-likeness (QED) is 0.855. The summed E-state index contributed by atoms with van der Waals surface area (Å²) in [6.07, 6.45) is 2.57. The van der Waals surface area contributed by atoms with E-state index in [0.717, 1.165) is 17.2 Å². The molecule has 1 aromatic rings. The van der Waals surface area contributed by atoms with Gasteiger partial charge in [-0.25, -0.2) is 0 Å². The van der Waals surface area contributed by atoms with E-state index in [1.54, 1.807) is 0 Å². The highest BCUT2D eigenvalue weighted by atomic mass is 32.1. The van der Waals surface area contributed by atoms with Crippen LogP contribution in [0.4, 0.5) is 5.00 Å². The first-order chi connectivity index (χ1) is 7.13. The molecule has 0 aliphatic carbocycles. The number of hydrogen-bond donors (Lipinski definition) is 1. The molecule has 0 atom stereocenters. The van der Waals surface area contributed by atoms with Gasteiger partial charge in [0.1, 0.15) is 10.7 Å². The van der Waals surface area contributed by atoms with Crippen LogP contribution in [-0.2, 0) is 6.54 Å². The maximum atomic E-state index is 4.18. The minimum Gasteiger partial charge on any atom is -0.377 e. The van der Waals surface area contributed by atoms with E-state index in [-0.39, 0.29) is 0 Å². The minimum absolute atomic E-state index is 0.314. The Kier molecular flexibility index (Phi) is 2.93. The zero-order valence-corrected chi connectivity index (χ0v) is 10.4. The van der Waals surface area contributed by atoms with E-state index in [1.807, 2.05) is 7.05 Å². The minimum atomic E-state index is 0.314. The van der Waals surface area contributed by atoms with Gasteiger partial charge >= 0.3 is 0 Å². The molecule has 1 saturated heterocycles. The van der Waals surface area contributed by atoms with Gasteiger partial charge in [-0.15, -0.1) is 5.10 Å². The van der Waals surface area contributed by atoms with Gasteiger partial charge in [-0.3, -0.25) is 4.90 Å². The van der Waals surface area contributed by atoms with E-state index in [2.05, 4.69) is 33.7 Å². The van der Waals surface area contributed by atoms with Crippen molar-refractivity contribution >= 4 is 16.5 Å². The smallest absolute Gasteiger partial charge is 0.134 e. The fourth-order valence-electron chi connectivity index (χ4n) is 2.14. The Morgan fingerprint density at radius 1 is 1.53 bits per heavy atom. The van der Waals surface area contributed by atoms with Crippen LogP contribution < -0.4 is 5.32 Å². The lowest BCUT2D eigenvalue weighted by atomic mass is 10.0. The summed E-state index contributed by atoms with van der Waals surface area (Å²) in [5.74, 6) is 0. The number of rotatable bonds is 3. The molecule has 0 unspecified atom stereocenters. The Morgan fingerprint density at radius 3 is 2.93 bits per heavy atom. The van der Waals surface area contributed by atoms with Gasteiger partial charge in [0.15, 0.2) is 0 Å². The third-order valence-electron chi connectivity index (χ3n) is 3.20. The fraction of sp³-hybridized carbons (Fsp3) is 0.800. The Hall–Kier alpha value is -0.680. The summed E-state index contributed by atoms with van der Waals surface area (Å²) >= 11 is 1.43. The van der Waals surface area contributed by atoms with Crippen molar-refractivity contribution in [3.05, 3.63) is 5.69 Å². The van der Waals surface area contributed by atoms with Crippen LogP contribution in [0.25, 0.3) is 0 Å². The second-order valence-corrected chi connectivity index (χ2v) is 5.39. The molecule has 1 aliphatic heterocycles. The van der Waals surface area contributed by atoms with Crippen molar-refractivity contribution in [2.45, 2.75) is 38.8 Å². The van der Waals surface area contributed by atoms with Gasteiger partial charge in [0.2, 0.25) is 0 Å². The lowest BCUT2D eigenvalue weighted by Gasteiger charge is -2.30. The van der Waals surface area contributed by atoms with E-state index in [1.165, 1.54) is 30.9 Å². The molecule has 4 nitrogen and oxygen atoms in total. The molecule has 0 aromatic carbocycles. The molecule has 1 N–H and O–H groups in total. The third kappa shape index (κ3) is 2.13. The summed E-state index contributed by atoms with van der Waals surface area (Å²) in [7, 11) is 1.92. The van der Waals surface area contributed by atoms with Crippen LogP contribution in [0.3, 0.4) is 0 Å². The summed E-state index contributed by atoms with van der Waals surface area (Å²) in [4.78, 5) is 2.49. The first-order valence-electron chi connectivity index (χ1n) is 5.37. The van der Waals surface area contributed by atoms with Crippen molar-refractivity contribution in [2.75, 3.05) is 18.9 Å². The highest BCUT2D eigenvalue weighted by molar-refractivity contribution is 7.10. The molecular formula is C10H18N4S. The molecule has 0 radical (unpaired) electrons. The van der Waals surface area contributed by atoms with Gasteiger partial charge in [0.25, 0.3) is 0 Å². The van der Waals surface area contributed by atoms with Crippen LogP contribution in [0.2, 0.25) is 0 Å². The summed E-state index contributed by atoms with van der Waals surface area (Å²) < 4.78 is 3.99. The molecule has 84 valence electrons. The highest BCUT2D eigenvalue weighted by Crippen LogP contribution is 2.31. The van der Waals surface area contributed by atoms with Crippen LogP contribution >= 0.6 is 11.5 Å². The van der Waals surface area contributed by atoms with Crippen molar-refractivity contribution < 1.29 is 0 Å². The van der Waals surface area contributed by atoms with Crippen molar-refractivity contribution in [1.82, 2.24) is 14.5 Å². The Bertz CT molecular complexity index is 334. The molecule has 0 saturated carbocycles. The molecule has 15 heavy (non-hydrogen) atoms. The largest absolute Gasteiger partial charge is 0.377 e. The van der Waals surface area contributed by atoms with Crippen LogP contribution in [0.1, 0.15) is 32.4 Å². The van der Waals surface area contributed by atoms with Gasteiger partial charge in [0.05, 0.1) is 0 Å². The molecular weight excluding hydrogens is 208 g/mol. The maximum absolute atomic E-state index is 4.18. The molecule has 0 bridgehead atoms. The van der Waals surface area contributed by atoms with Crippen LogP contribution in [0.15, 0.2) is 0 Å². The van der Waals surface area contributed by atoms with Gasteiger partial charge in [-0.05, 0) is 33.2 Å². The number of anilines is 1. The number of hydrogen-bond acceptors (Lipinski definition) is 5. The lowest BCUT2D eigenvalue weighted by molar-refractivity contribution is 0.165. The van der Waals surface area contributed by atoms with Gasteiger partial charge in [0, 0.05) is 30.7 Å². The predicted molar refractivity (Wildman–Crippen MR) is 63.2 cm³/mol. The van der Waals surface area contributed by atoms with Gasteiger partial charge in [-0.2, -0.15) is 0 Å². The molecule has 1 aromatic heterocycles. The molecule has 0 amide bonds. The number of aromatic nitrogens is 2. The van der Waals surface area contributed by atoms with Crippen molar-refractivity contribution in [3.8, 4) is 0 Å². The first kappa shape index (κ1) is 10.8. The van der Waals surface area contributed by atoms with Crippen LogP contribution in [0.5, 0.6) is 0 Å². The normalized spacial score (nSPS) is 20.7. The molecule has 5 heteroatoms. The topological polar surface area (TPSA) is 41.1 Å². The average Bonchev–Trinajstić information content (AvgIpc) is 2.74. The Balaban J connectivity index is 2.08. The summed E-state index contributed by atoms with van der Waals surface area (Å²) in [6.45, 7) is 6.70. The number of likely N-dealkylation sites (tertiary alicyclic amines) is 1. The van der Waals surface area contributed by atoms with Crippen LogP contribution in [0, 0.1) is 0 Å². The zero-order chi connectivity index (χ0) is 10.9. The van der Waals surface area contributed by atoms with Crippen LogP contribution in [-0.4, -0.2) is 33.6 Å². The maximum Gasteiger partial charge on any atom is 0.134 e. The monoisotopic (exact) mass is 226 g/mol. The second-order valence-electron chi connectivity index (χ2n) is 4.64. The van der Waals surface area contributed by atoms with Crippen molar-refractivity contribution in [1.29, 1.82) is 0 Å². The highest BCUT2D eigenvalue weighted by Gasteiger charge is 2.32. The van der Waals surface area contributed by atoms with Gasteiger partial charge < -0.3 is 5.32 Å². The Labute approximate surface area is 94.8 Å².